The highest BCUT2D eigenvalue weighted by Gasteiger charge is 2.43. The zero-order chi connectivity index (χ0) is 16.5. The molecule has 126 valence electrons. The van der Waals surface area contributed by atoms with E-state index < -0.39 is 0 Å². The monoisotopic (exact) mass is 309 g/mol. The Labute approximate surface area is 133 Å². The first-order chi connectivity index (χ1) is 10.2. The summed E-state index contributed by atoms with van der Waals surface area (Å²) in [5.74, 6) is 0.453. The van der Waals surface area contributed by atoms with E-state index in [-0.39, 0.29) is 41.1 Å². The van der Waals surface area contributed by atoms with Crippen LogP contribution >= 0.6 is 0 Å². The molecule has 22 heavy (non-hydrogen) atoms. The molecule has 0 aromatic carbocycles. The smallest absolute Gasteiger partial charge is 0.217 e. The summed E-state index contributed by atoms with van der Waals surface area (Å²) in [6.07, 6.45) is 4.58. The van der Waals surface area contributed by atoms with Gasteiger partial charge in [0.1, 0.15) is 0 Å². The van der Waals surface area contributed by atoms with Crippen molar-refractivity contribution in [2.45, 2.75) is 83.5 Å². The van der Waals surface area contributed by atoms with E-state index in [9.17, 15) is 9.59 Å². The van der Waals surface area contributed by atoms with Gasteiger partial charge in [0, 0.05) is 30.5 Å². The summed E-state index contributed by atoms with van der Waals surface area (Å²) in [4.78, 5) is 23.9. The van der Waals surface area contributed by atoms with Gasteiger partial charge in [-0.1, -0.05) is 0 Å². The number of nitrogens with one attached hydrogen (secondary N) is 2. The molecule has 0 aromatic rings. The topological polar surface area (TPSA) is 84.2 Å². The summed E-state index contributed by atoms with van der Waals surface area (Å²) in [7, 11) is 0. The Bertz CT molecular complexity index is 430. The molecular formula is C17H31N3O2. The van der Waals surface area contributed by atoms with Gasteiger partial charge in [0.25, 0.3) is 0 Å². The third kappa shape index (κ3) is 4.29. The molecule has 5 nitrogen and oxygen atoms in total. The van der Waals surface area contributed by atoms with Crippen molar-refractivity contribution in [3.63, 3.8) is 0 Å². The zero-order valence-electron chi connectivity index (χ0n) is 14.3. The number of carbonyl (C=O) groups is 2. The minimum Gasteiger partial charge on any atom is -0.353 e. The Morgan fingerprint density at radius 3 is 2.36 bits per heavy atom. The Balaban J connectivity index is 2.07. The average Bonchev–Trinajstić information content (AvgIpc) is 2.68. The third-order valence-electron chi connectivity index (χ3n) is 4.97. The van der Waals surface area contributed by atoms with E-state index in [1.807, 2.05) is 0 Å². The number of Topliss-reactive ketones (excluding diaryl/α,β-unsaturated/α-hetero) is 1. The molecule has 5 atom stereocenters. The zero-order valence-corrected chi connectivity index (χ0v) is 14.3. The lowest BCUT2D eigenvalue weighted by Gasteiger charge is -2.41. The van der Waals surface area contributed by atoms with Crippen molar-refractivity contribution in [1.82, 2.24) is 10.6 Å². The molecule has 0 heterocycles. The van der Waals surface area contributed by atoms with Crippen LogP contribution in [0, 0.1) is 11.8 Å². The lowest BCUT2D eigenvalue weighted by molar-refractivity contribution is -0.126. The summed E-state index contributed by atoms with van der Waals surface area (Å²) in [6.45, 7) is 8.03. The second-order valence-corrected chi connectivity index (χ2v) is 8.07. The van der Waals surface area contributed by atoms with Crippen LogP contribution in [0.1, 0.15) is 59.8 Å². The molecule has 0 saturated heterocycles. The van der Waals surface area contributed by atoms with E-state index in [1.54, 1.807) is 6.92 Å². The van der Waals surface area contributed by atoms with Crippen LogP contribution < -0.4 is 16.4 Å². The summed E-state index contributed by atoms with van der Waals surface area (Å²) in [5.41, 5.74) is 5.94. The molecule has 0 radical (unpaired) electrons. The van der Waals surface area contributed by atoms with Crippen molar-refractivity contribution >= 4 is 11.7 Å². The van der Waals surface area contributed by atoms with E-state index in [0.29, 0.717) is 6.04 Å². The molecule has 2 unspecified atom stereocenters. The number of carbonyl (C=O) groups excluding carboxylic acids is 2. The first-order valence-corrected chi connectivity index (χ1v) is 8.51. The highest BCUT2D eigenvalue weighted by molar-refractivity contribution is 5.88. The molecule has 2 aliphatic rings. The molecule has 5 heteroatoms. The number of hydrogen-bond donors (Lipinski definition) is 3. The van der Waals surface area contributed by atoms with Gasteiger partial charge in [0.05, 0.1) is 6.04 Å². The summed E-state index contributed by atoms with van der Waals surface area (Å²) < 4.78 is 0. The van der Waals surface area contributed by atoms with Crippen LogP contribution in [0.4, 0.5) is 0 Å². The van der Waals surface area contributed by atoms with Crippen LogP contribution in [-0.4, -0.2) is 35.4 Å². The third-order valence-corrected chi connectivity index (χ3v) is 4.97. The quantitative estimate of drug-likeness (QED) is 0.735. The van der Waals surface area contributed by atoms with E-state index in [2.05, 4.69) is 31.4 Å². The van der Waals surface area contributed by atoms with Gasteiger partial charge in [0.2, 0.25) is 5.91 Å². The van der Waals surface area contributed by atoms with Gasteiger partial charge in [-0.15, -0.1) is 0 Å². The van der Waals surface area contributed by atoms with Crippen LogP contribution in [0.25, 0.3) is 0 Å². The molecule has 0 aliphatic heterocycles. The van der Waals surface area contributed by atoms with E-state index in [1.165, 1.54) is 0 Å². The minimum absolute atomic E-state index is 0.0128. The Morgan fingerprint density at radius 2 is 1.86 bits per heavy atom. The molecule has 0 spiro atoms. The molecule has 4 N–H and O–H groups in total. The Kier molecular flexibility index (Phi) is 5.28. The molecule has 1 amide bonds. The molecule has 2 rings (SSSR count). The second-order valence-electron chi connectivity index (χ2n) is 8.07. The number of amides is 1. The van der Waals surface area contributed by atoms with Crippen LogP contribution in [0.15, 0.2) is 0 Å². The van der Waals surface area contributed by atoms with Gasteiger partial charge in [-0.3, -0.25) is 9.59 Å². The lowest BCUT2D eigenvalue weighted by Crippen LogP contribution is -2.54. The van der Waals surface area contributed by atoms with Gasteiger partial charge in [0.15, 0.2) is 5.78 Å². The normalized spacial score (nSPS) is 36.4. The molecule has 2 aliphatic carbocycles. The summed E-state index contributed by atoms with van der Waals surface area (Å²) >= 11 is 0. The fraction of sp³-hybridized carbons (Fsp3) is 0.882. The Hall–Kier alpha value is -0.940. The van der Waals surface area contributed by atoms with Gasteiger partial charge in [-0.2, -0.15) is 0 Å². The summed E-state index contributed by atoms with van der Waals surface area (Å²) in [5, 5.41) is 6.72. The molecule has 0 bridgehead atoms. The average molecular weight is 309 g/mol. The maximum atomic E-state index is 12.3. The number of hydrogen-bond acceptors (Lipinski definition) is 4. The summed E-state index contributed by atoms with van der Waals surface area (Å²) in [6, 6.07) is 0.164. The van der Waals surface area contributed by atoms with Crippen molar-refractivity contribution in [2.75, 3.05) is 0 Å². The van der Waals surface area contributed by atoms with Crippen molar-refractivity contribution in [3.8, 4) is 0 Å². The van der Waals surface area contributed by atoms with Crippen molar-refractivity contribution in [3.05, 3.63) is 0 Å². The van der Waals surface area contributed by atoms with Gasteiger partial charge in [-0.25, -0.2) is 0 Å². The van der Waals surface area contributed by atoms with Gasteiger partial charge >= 0.3 is 0 Å². The van der Waals surface area contributed by atoms with E-state index in [0.717, 1.165) is 32.1 Å². The minimum atomic E-state index is -0.298. The van der Waals surface area contributed by atoms with Crippen molar-refractivity contribution in [1.29, 1.82) is 0 Å². The van der Waals surface area contributed by atoms with E-state index in [4.69, 9.17) is 5.73 Å². The molecular weight excluding hydrogens is 278 g/mol. The molecule has 2 fully saturated rings. The van der Waals surface area contributed by atoms with Crippen molar-refractivity contribution in [2.24, 2.45) is 17.6 Å². The Morgan fingerprint density at radius 1 is 1.18 bits per heavy atom. The van der Waals surface area contributed by atoms with Crippen LogP contribution in [-0.2, 0) is 9.59 Å². The lowest BCUT2D eigenvalue weighted by atomic mass is 9.73. The predicted molar refractivity (Wildman–Crippen MR) is 87.3 cm³/mol. The van der Waals surface area contributed by atoms with E-state index >= 15 is 0 Å². The SMILES string of the molecule is CC(=O)N[C@@H]1C[C@H](NC(C)(C)C)CCC1[C@H]1CCC(N)C1=O. The second kappa shape index (κ2) is 6.67. The highest BCUT2D eigenvalue weighted by atomic mass is 16.1. The number of nitrogens with two attached hydrogens (primary N) is 1. The largest absolute Gasteiger partial charge is 0.353 e. The van der Waals surface area contributed by atoms with Crippen molar-refractivity contribution < 1.29 is 9.59 Å². The standard InChI is InChI=1S/C17H31N3O2/c1-10(21)19-15-9-11(20-17(2,3)4)5-6-12(15)13-7-8-14(18)16(13)22/h11-15,20H,5-9,18H2,1-4H3,(H,19,21)/t11-,12?,13-,14?,15-/m1/s1. The highest BCUT2D eigenvalue weighted by Crippen LogP contribution is 2.37. The van der Waals surface area contributed by atoms with Crippen LogP contribution in [0.3, 0.4) is 0 Å². The first-order valence-electron chi connectivity index (χ1n) is 8.51. The number of rotatable bonds is 3. The number of ketones is 1. The van der Waals surface area contributed by atoms with Gasteiger partial charge < -0.3 is 16.4 Å². The maximum absolute atomic E-state index is 12.3. The molecule has 2 saturated carbocycles. The predicted octanol–water partition coefficient (Wildman–Crippen LogP) is 1.35. The fourth-order valence-electron chi connectivity index (χ4n) is 4.19. The maximum Gasteiger partial charge on any atom is 0.217 e. The van der Waals surface area contributed by atoms with Crippen LogP contribution in [0.5, 0.6) is 0 Å². The molecule has 0 aromatic heterocycles. The van der Waals surface area contributed by atoms with Crippen LogP contribution in [0.2, 0.25) is 0 Å². The first kappa shape index (κ1) is 17.4. The fourth-order valence-corrected chi connectivity index (χ4v) is 4.19. The van der Waals surface area contributed by atoms with Gasteiger partial charge in [-0.05, 0) is 58.8 Å².